The van der Waals surface area contributed by atoms with Crippen molar-refractivity contribution in [2.75, 3.05) is 0 Å². The summed E-state index contributed by atoms with van der Waals surface area (Å²) in [5.74, 6) is 0.561. The molecule has 0 bridgehead atoms. The smallest absolute Gasteiger partial charge is 0.142 e. The van der Waals surface area contributed by atoms with Crippen molar-refractivity contribution in [3.8, 4) is 17.3 Å². The first-order valence-corrected chi connectivity index (χ1v) is 4.22. The summed E-state index contributed by atoms with van der Waals surface area (Å²) in [6.45, 7) is 0. The van der Waals surface area contributed by atoms with E-state index in [2.05, 4.69) is 15.0 Å². The van der Waals surface area contributed by atoms with Crippen LogP contribution < -0.4 is 0 Å². The fraction of sp³-hybridized carbons (Fsp3) is 0.100. The minimum atomic E-state index is 0.248. The van der Waals surface area contributed by atoms with Gasteiger partial charge in [0.1, 0.15) is 5.82 Å². The second kappa shape index (κ2) is 3.71. The molecule has 1 N–H and O–H groups in total. The first-order chi connectivity index (χ1) is 6.90. The van der Waals surface area contributed by atoms with E-state index in [1.54, 1.807) is 6.20 Å². The van der Waals surface area contributed by atoms with Gasteiger partial charge in [0.2, 0.25) is 0 Å². The summed E-state index contributed by atoms with van der Waals surface area (Å²) in [7, 11) is 0. The van der Waals surface area contributed by atoms with Crippen LogP contribution in [0.15, 0.2) is 30.7 Å². The van der Waals surface area contributed by atoms with Crippen LogP contribution in [-0.4, -0.2) is 15.0 Å². The number of hydrogen-bond acceptors (Lipinski definition) is 3. The van der Waals surface area contributed by atoms with Crippen LogP contribution in [-0.2, 0) is 6.42 Å². The summed E-state index contributed by atoms with van der Waals surface area (Å²) in [6.07, 6.45) is 5.61. The summed E-state index contributed by atoms with van der Waals surface area (Å²) in [5.41, 5.74) is 1.85. The zero-order valence-corrected chi connectivity index (χ0v) is 7.44. The van der Waals surface area contributed by atoms with Crippen LogP contribution in [0.2, 0.25) is 0 Å². The Kier molecular flexibility index (Phi) is 2.24. The lowest BCUT2D eigenvalue weighted by atomic mass is 10.2. The van der Waals surface area contributed by atoms with Gasteiger partial charge in [-0.05, 0) is 12.1 Å². The van der Waals surface area contributed by atoms with E-state index in [1.807, 2.05) is 30.6 Å². The number of nitrogens with one attached hydrogen (secondary N) is 1. The molecule has 0 saturated heterocycles. The second-order valence-corrected chi connectivity index (χ2v) is 2.79. The van der Waals surface area contributed by atoms with Gasteiger partial charge in [-0.15, -0.1) is 0 Å². The SMILES string of the molecule is N#CCc1nccc(-c2cc[nH]c2)n1. The molecule has 0 fully saturated rings. The molecular formula is C10H8N4. The Labute approximate surface area is 81.3 Å². The van der Waals surface area contributed by atoms with E-state index in [0.29, 0.717) is 5.82 Å². The second-order valence-electron chi connectivity index (χ2n) is 2.79. The number of H-pyrrole nitrogens is 1. The third kappa shape index (κ3) is 1.62. The van der Waals surface area contributed by atoms with Gasteiger partial charge >= 0.3 is 0 Å². The number of nitrogens with zero attached hydrogens (tertiary/aromatic N) is 3. The minimum Gasteiger partial charge on any atom is -0.367 e. The molecular weight excluding hydrogens is 176 g/mol. The van der Waals surface area contributed by atoms with Gasteiger partial charge in [0.15, 0.2) is 0 Å². The molecule has 2 heterocycles. The molecule has 14 heavy (non-hydrogen) atoms. The third-order valence-corrected chi connectivity index (χ3v) is 1.84. The maximum Gasteiger partial charge on any atom is 0.142 e. The predicted octanol–water partition coefficient (Wildman–Crippen LogP) is 1.54. The van der Waals surface area contributed by atoms with E-state index in [-0.39, 0.29) is 6.42 Å². The molecule has 0 aliphatic rings. The molecule has 68 valence electrons. The third-order valence-electron chi connectivity index (χ3n) is 1.84. The highest BCUT2D eigenvalue weighted by Gasteiger charge is 2.01. The zero-order valence-electron chi connectivity index (χ0n) is 7.44. The Morgan fingerprint density at radius 3 is 3.07 bits per heavy atom. The lowest BCUT2D eigenvalue weighted by molar-refractivity contribution is 0.999. The standard InChI is InChI=1S/C10H8N4/c11-4-1-10-13-6-3-9(14-10)8-2-5-12-7-8/h2-3,5-7,12H,1H2. The highest BCUT2D eigenvalue weighted by Crippen LogP contribution is 2.14. The van der Waals surface area contributed by atoms with Gasteiger partial charge in [0.05, 0.1) is 18.2 Å². The van der Waals surface area contributed by atoms with Crippen molar-refractivity contribution in [1.82, 2.24) is 15.0 Å². The topological polar surface area (TPSA) is 65.4 Å². The van der Waals surface area contributed by atoms with Crippen LogP contribution in [0.25, 0.3) is 11.3 Å². The molecule has 2 aromatic rings. The molecule has 0 aliphatic carbocycles. The molecule has 0 unspecified atom stereocenters. The molecule has 0 saturated carbocycles. The summed E-state index contributed by atoms with van der Waals surface area (Å²) in [6, 6.07) is 5.78. The molecule has 4 nitrogen and oxygen atoms in total. The summed E-state index contributed by atoms with van der Waals surface area (Å²) in [5, 5.41) is 8.50. The van der Waals surface area contributed by atoms with Crippen LogP contribution in [0.1, 0.15) is 5.82 Å². The van der Waals surface area contributed by atoms with E-state index in [1.165, 1.54) is 0 Å². The van der Waals surface area contributed by atoms with E-state index < -0.39 is 0 Å². The van der Waals surface area contributed by atoms with E-state index in [0.717, 1.165) is 11.3 Å². The first-order valence-electron chi connectivity index (χ1n) is 4.22. The van der Waals surface area contributed by atoms with E-state index in [4.69, 9.17) is 5.26 Å². The van der Waals surface area contributed by atoms with Crippen molar-refractivity contribution in [3.63, 3.8) is 0 Å². The van der Waals surface area contributed by atoms with Gasteiger partial charge in [0, 0.05) is 24.2 Å². The maximum absolute atomic E-state index is 8.50. The number of rotatable bonds is 2. The quantitative estimate of drug-likeness (QED) is 0.769. The number of hydrogen-bond donors (Lipinski definition) is 1. The van der Waals surface area contributed by atoms with Crippen LogP contribution in [0.4, 0.5) is 0 Å². The minimum absolute atomic E-state index is 0.248. The average Bonchev–Trinajstić information content (AvgIpc) is 2.71. The molecule has 0 amide bonds. The fourth-order valence-corrected chi connectivity index (χ4v) is 1.20. The highest BCUT2D eigenvalue weighted by molar-refractivity contribution is 5.57. The molecule has 4 heteroatoms. The van der Waals surface area contributed by atoms with Gasteiger partial charge in [-0.25, -0.2) is 9.97 Å². The van der Waals surface area contributed by atoms with Crippen LogP contribution in [0, 0.1) is 11.3 Å². The number of nitriles is 1. The van der Waals surface area contributed by atoms with Gasteiger partial charge in [-0.1, -0.05) is 0 Å². The molecule has 2 rings (SSSR count). The monoisotopic (exact) mass is 184 g/mol. The van der Waals surface area contributed by atoms with E-state index in [9.17, 15) is 0 Å². The molecule has 0 aromatic carbocycles. The Balaban J connectivity index is 2.37. The van der Waals surface area contributed by atoms with Crippen LogP contribution >= 0.6 is 0 Å². The van der Waals surface area contributed by atoms with Crippen LogP contribution in [0.3, 0.4) is 0 Å². The molecule has 0 radical (unpaired) electrons. The van der Waals surface area contributed by atoms with Crippen molar-refractivity contribution in [3.05, 3.63) is 36.5 Å². The van der Waals surface area contributed by atoms with Crippen molar-refractivity contribution >= 4 is 0 Å². The lowest BCUT2D eigenvalue weighted by Gasteiger charge is -1.97. The van der Waals surface area contributed by atoms with Crippen molar-refractivity contribution < 1.29 is 0 Å². The maximum atomic E-state index is 8.50. The summed E-state index contributed by atoms with van der Waals surface area (Å²) < 4.78 is 0. The lowest BCUT2D eigenvalue weighted by Crippen LogP contribution is -1.93. The normalized spacial score (nSPS) is 9.64. The Bertz CT molecular complexity index is 453. The highest BCUT2D eigenvalue weighted by atomic mass is 14.9. The average molecular weight is 184 g/mol. The Morgan fingerprint density at radius 1 is 1.43 bits per heavy atom. The summed E-state index contributed by atoms with van der Waals surface area (Å²) in [4.78, 5) is 11.2. The molecule has 2 aromatic heterocycles. The number of aromatic nitrogens is 3. The van der Waals surface area contributed by atoms with Crippen molar-refractivity contribution in [2.24, 2.45) is 0 Å². The van der Waals surface area contributed by atoms with Crippen molar-refractivity contribution in [2.45, 2.75) is 6.42 Å². The molecule has 0 atom stereocenters. The Morgan fingerprint density at radius 2 is 2.36 bits per heavy atom. The number of aromatic amines is 1. The fourth-order valence-electron chi connectivity index (χ4n) is 1.20. The summed E-state index contributed by atoms with van der Waals surface area (Å²) >= 11 is 0. The van der Waals surface area contributed by atoms with E-state index >= 15 is 0 Å². The largest absolute Gasteiger partial charge is 0.367 e. The molecule has 0 aliphatic heterocycles. The molecule has 0 spiro atoms. The first kappa shape index (κ1) is 8.45. The van der Waals surface area contributed by atoms with Crippen molar-refractivity contribution in [1.29, 1.82) is 5.26 Å². The van der Waals surface area contributed by atoms with Gasteiger partial charge < -0.3 is 4.98 Å². The van der Waals surface area contributed by atoms with Crippen LogP contribution in [0.5, 0.6) is 0 Å². The van der Waals surface area contributed by atoms with Gasteiger partial charge in [-0.2, -0.15) is 5.26 Å². The van der Waals surface area contributed by atoms with Gasteiger partial charge in [-0.3, -0.25) is 0 Å². The van der Waals surface area contributed by atoms with Gasteiger partial charge in [0.25, 0.3) is 0 Å². The Hall–Kier alpha value is -2.15. The zero-order chi connectivity index (χ0) is 9.80. The predicted molar refractivity (Wildman–Crippen MR) is 51.1 cm³/mol.